The van der Waals surface area contributed by atoms with E-state index in [1.165, 1.54) is 5.56 Å². The van der Waals surface area contributed by atoms with Crippen LogP contribution in [-0.4, -0.2) is 15.8 Å². The zero-order chi connectivity index (χ0) is 15.5. The summed E-state index contributed by atoms with van der Waals surface area (Å²) < 4.78 is 0. The summed E-state index contributed by atoms with van der Waals surface area (Å²) in [6.45, 7) is 4.03. The summed E-state index contributed by atoms with van der Waals surface area (Å²) >= 11 is 0. The lowest BCUT2D eigenvalue weighted by Crippen LogP contribution is -2.07. The van der Waals surface area contributed by atoms with E-state index in [2.05, 4.69) is 29.0 Å². The summed E-state index contributed by atoms with van der Waals surface area (Å²) in [5.74, 6) is 0.263. The van der Waals surface area contributed by atoms with Gasteiger partial charge in [-0.3, -0.25) is 9.78 Å². The summed E-state index contributed by atoms with van der Waals surface area (Å²) in [5.41, 5.74) is 3.55. The molecule has 0 saturated carbocycles. The summed E-state index contributed by atoms with van der Waals surface area (Å²) in [4.78, 5) is 21.2. The summed E-state index contributed by atoms with van der Waals surface area (Å²) in [5, 5.41) is 0.965. The number of pyridine rings is 2. The number of hydrogen-bond donors (Lipinski definition) is 0. The van der Waals surface area contributed by atoms with Gasteiger partial charge in [0.1, 0.15) is 5.69 Å². The van der Waals surface area contributed by atoms with Gasteiger partial charge in [0.15, 0.2) is 5.78 Å². The quantitative estimate of drug-likeness (QED) is 0.672. The Morgan fingerprint density at radius 1 is 1.09 bits per heavy atom. The van der Waals surface area contributed by atoms with Gasteiger partial charge in [0, 0.05) is 24.2 Å². The van der Waals surface area contributed by atoms with Crippen molar-refractivity contribution in [1.82, 2.24) is 9.97 Å². The van der Waals surface area contributed by atoms with Crippen LogP contribution in [-0.2, 0) is 0 Å². The van der Waals surface area contributed by atoms with Gasteiger partial charge in [0.2, 0.25) is 0 Å². The largest absolute Gasteiger partial charge is 0.292 e. The summed E-state index contributed by atoms with van der Waals surface area (Å²) in [6, 6.07) is 13.8. The molecule has 0 spiro atoms. The summed E-state index contributed by atoms with van der Waals surface area (Å²) in [7, 11) is 0. The Morgan fingerprint density at radius 2 is 1.86 bits per heavy atom. The molecule has 0 fully saturated rings. The van der Waals surface area contributed by atoms with Gasteiger partial charge in [-0.1, -0.05) is 37.3 Å². The van der Waals surface area contributed by atoms with Gasteiger partial charge >= 0.3 is 0 Å². The number of benzene rings is 1. The molecule has 0 saturated heterocycles. The second-order valence-electron chi connectivity index (χ2n) is 5.66. The van der Waals surface area contributed by atoms with Crippen molar-refractivity contribution in [3.63, 3.8) is 0 Å². The lowest BCUT2D eigenvalue weighted by molar-refractivity contribution is 0.0971. The molecule has 2 heterocycles. The van der Waals surface area contributed by atoms with E-state index in [0.717, 1.165) is 16.5 Å². The van der Waals surface area contributed by atoms with E-state index in [4.69, 9.17) is 0 Å². The van der Waals surface area contributed by atoms with Crippen molar-refractivity contribution < 1.29 is 4.79 Å². The standard InChI is InChI=1S/C19H18N2O/c1-13(15-6-4-3-5-7-15)10-18(22)17-9-8-16-12-20-11-14(2)19(16)21-17/h3-9,11-13H,10H2,1-2H3/t13-/m1/s1. The molecular formula is C19H18N2O. The molecule has 0 N–H and O–H groups in total. The average molecular weight is 290 g/mol. The number of hydrogen-bond acceptors (Lipinski definition) is 3. The number of nitrogens with zero attached hydrogens (tertiary/aromatic N) is 2. The molecule has 1 atom stereocenters. The third kappa shape index (κ3) is 2.89. The highest BCUT2D eigenvalue weighted by atomic mass is 16.1. The topological polar surface area (TPSA) is 42.9 Å². The summed E-state index contributed by atoms with van der Waals surface area (Å²) in [6.07, 6.45) is 4.01. The molecule has 2 aromatic heterocycles. The van der Waals surface area contributed by atoms with Crippen molar-refractivity contribution in [2.24, 2.45) is 0 Å². The van der Waals surface area contributed by atoms with Crippen LogP contribution in [0.25, 0.3) is 10.9 Å². The second-order valence-corrected chi connectivity index (χ2v) is 5.66. The molecule has 0 radical (unpaired) electrons. The van der Waals surface area contributed by atoms with Crippen molar-refractivity contribution in [3.05, 3.63) is 71.7 Å². The van der Waals surface area contributed by atoms with Crippen LogP contribution in [0.4, 0.5) is 0 Å². The number of fused-ring (bicyclic) bond motifs is 1. The van der Waals surface area contributed by atoms with E-state index < -0.39 is 0 Å². The van der Waals surface area contributed by atoms with Crippen molar-refractivity contribution in [3.8, 4) is 0 Å². The van der Waals surface area contributed by atoms with E-state index in [0.29, 0.717) is 12.1 Å². The number of ketones is 1. The number of rotatable bonds is 4. The van der Waals surface area contributed by atoms with E-state index in [9.17, 15) is 4.79 Å². The van der Waals surface area contributed by atoms with E-state index in [1.807, 2.05) is 31.2 Å². The second kappa shape index (κ2) is 6.06. The molecule has 0 amide bonds. The lowest BCUT2D eigenvalue weighted by Gasteiger charge is -2.11. The Hall–Kier alpha value is -2.55. The highest BCUT2D eigenvalue weighted by molar-refractivity contribution is 5.97. The zero-order valence-electron chi connectivity index (χ0n) is 12.8. The predicted molar refractivity (Wildman–Crippen MR) is 88.1 cm³/mol. The van der Waals surface area contributed by atoms with Crippen molar-refractivity contribution in [2.75, 3.05) is 0 Å². The molecule has 0 aliphatic carbocycles. The number of aromatic nitrogens is 2. The predicted octanol–water partition coefficient (Wildman–Crippen LogP) is 4.31. The Bertz CT molecular complexity index is 812. The molecule has 3 rings (SSSR count). The Morgan fingerprint density at radius 3 is 2.64 bits per heavy atom. The van der Waals surface area contributed by atoms with Gasteiger partial charge in [0.25, 0.3) is 0 Å². The third-order valence-electron chi connectivity index (χ3n) is 3.93. The van der Waals surface area contributed by atoms with E-state index in [1.54, 1.807) is 18.5 Å². The van der Waals surface area contributed by atoms with Crippen LogP contribution in [0.3, 0.4) is 0 Å². The van der Waals surface area contributed by atoms with Crippen LogP contribution in [0, 0.1) is 6.92 Å². The average Bonchev–Trinajstić information content (AvgIpc) is 2.55. The fourth-order valence-corrected chi connectivity index (χ4v) is 2.62. The lowest BCUT2D eigenvalue weighted by atomic mass is 9.94. The monoisotopic (exact) mass is 290 g/mol. The number of carbonyl (C=O) groups excluding carboxylic acids is 1. The van der Waals surface area contributed by atoms with Gasteiger partial charge in [-0.25, -0.2) is 4.98 Å². The first-order valence-electron chi connectivity index (χ1n) is 7.44. The van der Waals surface area contributed by atoms with Crippen LogP contribution in [0.1, 0.15) is 40.9 Å². The molecule has 0 unspecified atom stereocenters. The van der Waals surface area contributed by atoms with Crippen molar-refractivity contribution in [1.29, 1.82) is 0 Å². The Balaban J connectivity index is 1.85. The molecule has 0 aliphatic heterocycles. The highest BCUT2D eigenvalue weighted by Crippen LogP contribution is 2.22. The number of Topliss-reactive ketones (excluding diaryl/α,β-unsaturated/α-hetero) is 1. The Kier molecular flexibility index (Phi) is 3.96. The van der Waals surface area contributed by atoms with Crippen LogP contribution in [0.2, 0.25) is 0 Å². The molecule has 110 valence electrons. The molecule has 1 aromatic carbocycles. The van der Waals surface area contributed by atoms with Crippen molar-refractivity contribution in [2.45, 2.75) is 26.2 Å². The molecule has 0 bridgehead atoms. The third-order valence-corrected chi connectivity index (χ3v) is 3.93. The first-order chi connectivity index (χ1) is 10.6. The van der Waals surface area contributed by atoms with Gasteiger partial charge in [-0.15, -0.1) is 0 Å². The minimum atomic E-state index is 0.0782. The van der Waals surface area contributed by atoms with Gasteiger partial charge < -0.3 is 0 Å². The van der Waals surface area contributed by atoms with Crippen LogP contribution >= 0.6 is 0 Å². The van der Waals surface area contributed by atoms with Gasteiger partial charge in [-0.05, 0) is 36.1 Å². The molecular weight excluding hydrogens is 272 g/mol. The normalized spacial score (nSPS) is 12.3. The first-order valence-corrected chi connectivity index (χ1v) is 7.44. The maximum Gasteiger partial charge on any atom is 0.181 e. The van der Waals surface area contributed by atoms with Crippen LogP contribution in [0.5, 0.6) is 0 Å². The van der Waals surface area contributed by atoms with Crippen LogP contribution < -0.4 is 0 Å². The fraction of sp³-hybridized carbons (Fsp3) is 0.211. The van der Waals surface area contributed by atoms with E-state index in [-0.39, 0.29) is 11.7 Å². The zero-order valence-corrected chi connectivity index (χ0v) is 12.8. The smallest absolute Gasteiger partial charge is 0.181 e. The van der Waals surface area contributed by atoms with E-state index >= 15 is 0 Å². The Labute approximate surface area is 130 Å². The SMILES string of the molecule is Cc1cncc2ccc(C(=O)C[C@@H](C)c3ccccc3)nc12. The van der Waals surface area contributed by atoms with Gasteiger partial charge in [0.05, 0.1) is 5.52 Å². The minimum Gasteiger partial charge on any atom is -0.292 e. The van der Waals surface area contributed by atoms with Crippen LogP contribution in [0.15, 0.2) is 54.9 Å². The molecule has 3 aromatic rings. The molecule has 3 nitrogen and oxygen atoms in total. The maximum absolute atomic E-state index is 12.5. The first kappa shape index (κ1) is 14.4. The number of aryl methyl sites for hydroxylation is 1. The molecule has 22 heavy (non-hydrogen) atoms. The maximum atomic E-state index is 12.5. The molecule has 3 heteroatoms. The fourth-order valence-electron chi connectivity index (χ4n) is 2.62. The minimum absolute atomic E-state index is 0.0782. The van der Waals surface area contributed by atoms with Gasteiger partial charge in [-0.2, -0.15) is 0 Å². The number of carbonyl (C=O) groups is 1. The molecule has 0 aliphatic rings. The highest BCUT2D eigenvalue weighted by Gasteiger charge is 2.14. The van der Waals surface area contributed by atoms with Crippen molar-refractivity contribution >= 4 is 16.7 Å².